The molecular formula is C43H41BrN4O7S. The predicted molar refractivity (Wildman–Crippen MR) is 217 cm³/mol. The van der Waals surface area contributed by atoms with Gasteiger partial charge >= 0.3 is 0 Å². The number of thiophene rings is 1. The Labute approximate surface area is 336 Å². The topological polar surface area (TPSA) is 121 Å². The molecule has 5 aromatic rings. The van der Waals surface area contributed by atoms with E-state index in [2.05, 4.69) is 43.2 Å². The first kappa shape index (κ1) is 36.7. The lowest BCUT2D eigenvalue weighted by Crippen LogP contribution is -2.63. The highest BCUT2D eigenvalue weighted by atomic mass is 79.9. The fourth-order valence-corrected chi connectivity index (χ4v) is 9.86. The van der Waals surface area contributed by atoms with Gasteiger partial charge in [0.1, 0.15) is 42.3 Å². The van der Waals surface area contributed by atoms with E-state index in [1.54, 1.807) is 34.4 Å². The molecule has 4 aromatic carbocycles. The van der Waals surface area contributed by atoms with E-state index in [0.29, 0.717) is 55.3 Å². The monoisotopic (exact) mass is 836 g/mol. The average molecular weight is 838 g/mol. The van der Waals surface area contributed by atoms with Gasteiger partial charge in [-0.1, -0.05) is 28.1 Å². The summed E-state index contributed by atoms with van der Waals surface area (Å²) in [5, 5.41) is 13.4. The molecule has 0 spiro atoms. The predicted octanol–water partition coefficient (Wildman–Crippen LogP) is 7.20. The number of fused-ring (bicyclic) bond motifs is 5. The largest absolute Gasteiger partial charge is 0.508 e. The number of halogens is 1. The van der Waals surface area contributed by atoms with Gasteiger partial charge in [-0.25, -0.2) is 0 Å². The number of amides is 3. The SMILES string of the molecule is O=C1CC[C@@H](N2Cc3cc(OCCN4C[C@H]5CC[C@@H]4CN5CCOc4ccc(Oc5c(-c6ccc(Br)cc6)sc6cc(O)ccc56)cc4)ccc3C2=O)C(=O)N1. The molecule has 5 aliphatic rings. The number of carbonyl (C=O) groups excluding carboxylic acids is 3. The molecule has 1 aromatic heterocycles. The van der Waals surface area contributed by atoms with E-state index in [9.17, 15) is 19.5 Å². The number of benzene rings is 4. The maximum Gasteiger partial charge on any atom is 0.255 e. The van der Waals surface area contributed by atoms with Crippen LogP contribution in [0.2, 0.25) is 0 Å². The minimum atomic E-state index is -0.626. The number of nitrogens with zero attached hydrogens (tertiary/aromatic N) is 3. The zero-order valence-electron chi connectivity index (χ0n) is 30.6. The van der Waals surface area contributed by atoms with Gasteiger partial charge in [0.25, 0.3) is 5.91 Å². The molecule has 0 aliphatic carbocycles. The first-order valence-electron chi connectivity index (χ1n) is 19.1. The second kappa shape index (κ2) is 15.5. The van der Waals surface area contributed by atoms with E-state index >= 15 is 0 Å². The molecule has 4 fully saturated rings. The third-order valence-electron chi connectivity index (χ3n) is 11.3. The van der Waals surface area contributed by atoms with Crippen molar-refractivity contribution in [1.82, 2.24) is 20.0 Å². The molecule has 0 radical (unpaired) electrons. The molecule has 2 N–H and O–H groups in total. The number of rotatable bonds is 12. The Bertz CT molecular complexity index is 2300. The van der Waals surface area contributed by atoms with Crippen LogP contribution in [-0.2, 0) is 16.1 Å². The summed E-state index contributed by atoms with van der Waals surface area (Å²) in [6.45, 7) is 5.17. The van der Waals surface area contributed by atoms with Crippen molar-refractivity contribution in [1.29, 1.82) is 0 Å². The molecule has 0 saturated carbocycles. The normalized spacial score (nSPS) is 21.1. The Hall–Kier alpha value is -4.95. The summed E-state index contributed by atoms with van der Waals surface area (Å²) in [5.41, 5.74) is 2.48. The standard InChI is InChI=1S/C43H41BrN4O7S/c44-28-3-1-26(2-4-28)41-40(36-13-7-31(49)22-38(36)56-41)55-33-10-8-32(9-11-33)53-19-17-46-24-30-6-5-29(46)25-47(30)18-20-54-34-12-14-35-27(21-34)23-48(43(35)52)37-15-16-39(50)45-42(37)51/h1-4,7-14,21-22,29-30,37,49H,5-6,15-20,23-25H2,(H,45,50,51)/t29-,30-,37-/m1/s1. The van der Waals surface area contributed by atoms with Crippen molar-refractivity contribution in [2.75, 3.05) is 39.4 Å². The zero-order chi connectivity index (χ0) is 38.3. The molecule has 13 heteroatoms. The van der Waals surface area contributed by atoms with Crippen LogP contribution < -0.4 is 19.5 Å². The van der Waals surface area contributed by atoms with E-state index in [4.69, 9.17) is 14.2 Å². The number of ether oxygens (including phenoxy) is 3. The van der Waals surface area contributed by atoms with Crippen LogP contribution in [0.4, 0.5) is 0 Å². The number of imide groups is 1. The van der Waals surface area contributed by atoms with Gasteiger partial charge in [0, 0.05) is 71.4 Å². The van der Waals surface area contributed by atoms with Gasteiger partial charge in [-0.3, -0.25) is 29.5 Å². The summed E-state index contributed by atoms with van der Waals surface area (Å²) >= 11 is 5.12. The first-order valence-corrected chi connectivity index (χ1v) is 20.7. The first-order chi connectivity index (χ1) is 27.3. The maximum atomic E-state index is 13.0. The number of hydrogen-bond acceptors (Lipinski definition) is 10. The van der Waals surface area contributed by atoms with E-state index in [-0.39, 0.29) is 24.0 Å². The Morgan fingerprint density at radius 3 is 2.16 bits per heavy atom. The van der Waals surface area contributed by atoms with Crippen LogP contribution in [0.5, 0.6) is 28.7 Å². The number of piperidine rings is 3. The summed E-state index contributed by atoms with van der Waals surface area (Å²) in [6, 6.07) is 27.1. The van der Waals surface area contributed by atoms with Crippen LogP contribution in [-0.4, -0.2) is 95.0 Å². The minimum absolute atomic E-state index is 0.179. The van der Waals surface area contributed by atoms with E-state index in [1.165, 1.54) is 12.8 Å². The van der Waals surface area contributed by atoms with Gasteiger partial charge in [0.15, 0.2) is 5.75 Å². The van der Waals surface area contributed by atoms with Crippen molar-refractivity contribution in [2.45, 2.75) is 50.4 Å². The molecule has 3 amide bonds. The second-order valence-corrected chi connectivity index (χ2v) is 16.8. The van der Waals surface area contributed by atoms with E-state index in [0.717, 1.165) is 68.2 Å². The highest BCUT2D eigenvalue weighted by Crippen LogP contribution is 2.47. The van der Waals surface area contributed by atoms with Crippen molar-refractivity contribution in [3.8, 4) is 39.2 Å². The highest BCUT2D eigenvalue weighted by Gasteiger charge is 2.40. The Morgan fingerprint density at radius 1 is 0.786 bits per heavy atom. The fraction of sp³-hybridized carbons (Fsp3) is 0.326. The smallest absolute Gasteiger partial charge is 0.255 e. The summed E-state index contributed by atoms with van der Waals surface area (Å²) < 4.78 is 20.8. The lowest BCUT2D eigenvalue weighted by Gasteiger charge is -2.51. The second-order valence-electron chi connectivity index (χ2n) is 14.8. The van der Waals surface area contributed by atoms with E-state index in [1.807, 2.05) is 54.6 Å². The van der Waals surface area contributed by atoms with Crippen LogP contribution in [0.1, 0.15) is 41.6 Å². The minimum Gasteiger partial charge on any atom is -0.508 e. The highest BCUT2D eigenvalue weighted by molar-refractivity contribution is 9.10. The van der Waals surface area contributed by atoms with Gasteiger partial charge in [0.2, 0.25) is 11.8 Å². The molecule has 3 atom stereocenters. The molecule has 56 heavy (non-hydrogen) atoms. The van der Waals surface area contributed by atoms with Gasteiger partial charge in [-0.2, -0.15) is 0 Å². The Balaban J connectivity index is 0.745. The van der Waals surface area contributed by atoms with Crippen LogP contribution in [0, 0.1) is 0 Å². The molecule has 2 bridgehead atoms. The van der Waals surface area contributed by atoms with E-state index < -0.39 is 11.9 Å². The van der Waals surface area contributed by atoms with Gasteiger partial charge < -0.3 is 24.2 Å². The van der Waals surface area contributed by atoms with Crippen LogP contribution in [0.15, 0.2) is 89.4 Å². The summed E-state index contributed by atoms with van der Waals surface area (Å²) in [6.07, 6.45) is 2.93. The molecule has 5 aliphatic heterocycles. The molecule has 6 heterocycles. The third-order valence-corrected chi connectivity index (χ3v) is 13.0. The van der Waals surface area contributed by atoms with Crippen LogP contribution >= 0.6 is 27.3 Å². The Morgan fingerprint density at radius 2 is 1.46 bits per heavy atom. The van der Waals surface area contributed by atoms with Crippen LogP contribution in [0.25, 0.3) is 20.5 Å². The zero-order valence-corrected chi connectivity index (χ0v) is 33.0. The van der Waals surface area contributed by atoms with Gasteiger partial charge in [-0.15, -0.1) is 11.3 Å². The van der Waals surface area contributed by atoms with Crippen molar-refractivity contribution in [2.24, 2.45) is 0 Å². The number of aromatic hydroxyl groups is 1. The van der Waals surface area contributed by atoms with Gasteiger partial charge in [-0.05, 0) is 103 Å². The molecule has 10 rings (SSSR count). The number of piperazine rings is 1. The molecule has 4 saturated heterocycles. The molecule has 288 valence electrons. The number of nitrogens with one attached hydrogen (secondary N) is 1. The molecular weight excluding hydrogens is 796 g/mol. The van der Waals surface area contributed by atoms with Crippen molar-refractivity contribution in [3.05, 3.63) is 101 Å². The number of carbonyl (C=O) groups is 3. The summed E-state index contributed by atoms with van der Waals surface area (Å²) in [5.74, 6) is 2.34. The number of phenolic OH excluding ortho intramolecular Hbond substituents is 1. The fourth-order valence-electron chi connectivity index (χ4n) is 8.43. The molecule has 11 nitrogen and oxygen atoms in total. The Kier molecular flexibility index (Phi) is 10.2. The third kappa shape index (κ3) is 7.48. The van der Waals surface area contributed by atoms with Crippen LogP contribution in [0.3, 0.4) is 0 Å². The molecule has 0 unspecified atom stereocenters. The van der Waals surface area contributed by atoms with Crippen molar-refractivity contribution < 1.29 is 33.7 Å². The van der Waals surface area contributed by atoms with Crippen molar-refractivity contribution in [3.63, 3.8) is 0 Å². The van der Waals surface area contributed by atoms with Crippen molar-refractivity contribution >= 4 is 55.1 Å². The quantitative estimate of drug-likeness (QED) is 0.126. The summed E-state index contributed by atoms with van der Waals surface area (Å²) in [4.78, 5) is 44.7. The lowest BCUT2D eigenvalue weighted by molar-refractivity contribution is -0.136. The number of phenols is 1. The number of hydrogen-bond donors (Lipinski definition) is 2. The average Bonchev–Trinajstić information content (AvgIpc) is 3.72. The maximum absolute atomic E-state index is 13.0. The summed E-state index contributed by atoms with van der Waals surface area (Å²) in [7, 11) is 0. The van der Waals surface area contributed by atoms with Gasteiger partial charge in [0.05, 0.1) is 4.88 Å². The lowest BCUT2D eigenvalue weighted by atomic mass is 9.91.